The second-order valence-electron chi connectivity index (χ2n) is 5.92. The number of aromatic nitrogens is 1. The van der Waals surface area contributed by atoms with Gasteiger partial charge in [0.15, 0.2) is 5.78 Å². The lowest BCUT2D eigenvalue weighted by Gasteiger charge is -2.23. The summed E-state index contributed by atoms with van der Waals surface area (Å²) in [5.74, 6) is 0.154. The van der Waals surface area contributed by atoms with Crippen molar-refractivity contribution >= 4 is 17.5 Å². The minimum atomic E-state index is 0.112. The molecule has 0 N–H and O–H groups in total. The van der Waals surface area contributed by atoms with E-state index in [0.29, 0.717) is 12.0 Å². The highest BCUT2D eigenvalue weighted by molar-refractivity contribution is 7.99. The smallest absolute Gasteiger partial charge is 0.165 e. The van der Waals surface area contributed by atoms with Gasteiger partial charge in [0, 0.05) is 34.5 Å². The van der Waals surface area contributed by atoms with Gasteiger partial charge >= 0.3 is 0 Å². The van der Waals surface area contributed by atoms with Crippen molar-refractivity contribution in [2.75, 3.05) is 0 Å². The van der Waals surface area contributed by atoms with E-state index in [0.717, 1.165) is 27.1 Å². The van der Waals surface area contributed by atoms with E-state index in [1.165, 1.54) is 0 Å². The summed E-state index contributed by atoms with van der Waals surface area (Å²) in [6.45, 7) is 0. The fourth-order valence-electron chi connectivity index (χ4n) is 3.02. The number of carbonyl (C=O) groups excluding carboxylic acids is 1. The zero-order valence-corrected chi connectivity index (χ0v) is 14.2. The lowest BCUT2D eigenvalue weighted by molar-refractivity contribution is 0.0976. The highest BCUT2D eigenvalue weighted by Crippen LogP contribution is 2.45. The third-order valence-electron chi connectivity index (χ3n) is 4.30. The molecule has 1 aliphatic rings. The number of ketones is 1. The van der Waals surface area contributed by atoms with Gasteiger partial charge in [0.25, 0.3) is 0 Å². The first-order chi connectivity index (χ1) is 12.2. The molecule has 0 bridgehead atoms. The van der Waals surface area contributed by atoms with Crippen LogP contribution in [-0.2, 0) is 0 Å². The van der Waals surface area contributed by atoms with Crippen LogP contribution in [-0.4, -0.2) is 10.8 Å². The van der Waals surface area contributed by atoms with Gasteiger partial charge in [-0.15, -0.1) is 11.8 Å². The van der Waals surface area contributed by atoms with E-state index in [1.807, 2.05) is 54.7 Å². The average molecular weight is 342 g/mol. The Morgan fingerprint density at radius 3 is 2.76 bits per heavy atom. The number of rotatable bonds is 2. The highest BCUT2D eigenvalue weighted by Gasteiger charge is 2.27. The Bertz CT molecular complexity index is 992. The first kappa shape index (κ1) is 15.6. The second-order valence-corrected chi connectivity index (χ2v) is 7.17. The molecule has 1 aliphatic heterocycles. The summed E-state index contributed by atoms with van der Waals surface area (Å²) in [5, 5.41) is 9.18. The topological polar surface area (TPSA) is 53.8 Å². The van der Waals surface area contributed by atoms with E-state index in [4.69, 9.17) is 5.26 Å². The number of hydrogen-bond acceptors (Lipinski definition) is 4. The van der Waals surface area contributed by atoms with Gasteiger partial charge in [0.05, 0.1) is 11.6 Å². The maximum Gasteiger partial charge on any atom is 0.165 e. The quantitative estimate of drug-likeness (QED) is 0.655. The van der Waals surface area contributed by atoms with Gasteiger partial charge in [-0.05, 0) is 47.0 Å². The lowest BCUT2D eigenvalue weighted by Crippen LogP contribution is -2.12. The molecule has 1 unspecified atom stereocenters. The molecule has 2 heterocycles. The zero-order valence-electron chi connectivity index (χ0n) is 13.3. The SMILES string of the molecule is N#Cc1cccc(-c2ccc3c(c2)C(=O)CC(c2cccnc2)S3)c1. The molecule has 0 saturated heterocycles. The largest absolute Gasteiger partial charge is 0.294 e. The number of fused-ring (bicyclic) bond motifs is 1. The Morgan fingerprint density at radius 1 is 1.08 bits per heavy atom. The number of pyridine rings is 1. The molecule has 1 atom stereocenters. The Morgan fingerprint density at radius 2 is 1.96 bits per heavy atom. The van der Waals surface area contributed by atoms with Crippen molar-refractivity contribution in [3.63, 3.8) is 0 Å². The Balaban J connectivity index is 1.69. The molecule has 0 saturated carbocycles. The number of hydrogen-bond donors (Lipinski definition) is 0. The van der Waals surface area contributed by atoms with E-state index in [2.05, 4.69) is 11.1 Å². The molecule has 0 amide bonds. The first-order valence-electron chi connectivity index (χ1n) is 7.99. The van der Waals surface area contributed by atoms with Gasteiger partial charge in [-0.3, -0.25) is 9.78 Å². The zero-order chi connectivity index (χ0) is 17.2. The molecule has 0 fully saturated rings. The average Bonchev–Trinajstić information content (AvgIpc) is 2.68. The number of benzene rings is 2. The van der Waals surface area contributed by atoms with E-state index < -0.39 is 0 Å². The number of nitrogens with zero attached hydrogens (tertiary/aromatic N) is 2. The van der Waals surface area contributed by atoms with Crippen molar-refractivity contribution in [2.24, 2.45) is 0 Å². The van der Waals surface area contributed by atoms with E-state index in [-0.39, 0.29) is 11.0 Å². The molecule has 0 aliphatic carbocycles. The lowest BCUT2D eigenvalue weighted by atomic mass is 9.97. The standard InChI is InChI=1S/C21H14N2OS/c22-12-14-3-1-4-15(9-14)16-6-7-20-18(10-16)19(24)11-21(25-20)17-5-2-8-23-13-17/h1-10,13,21H,11H2. The van der Waals surface area contributed by atoms with Gasteiger partial charge < -0.3 is 0 Å². The van der Waals surface area contributed by atoms with E-state index >= 15 is 0 Å². The van der Waals surface area contributed by atoms with Crippen molar-refractivity contribution in [2.45, 2.75) is 16.6 Å². The summed E-state index contributed by atoms with van der Waals surface area (Å²) >= 11 is 1.71. The van der Waals surface area contributed by atoms with Crippen LogP contribution in [0.15, 0.2) is 71.9 Å². The summed E-state index contributed by atoms with van der Waals surface area (Å²) in [5.41, 5.74) is 4.38. The predicted octanol–water partition coefficient (Wildman–Crippen LogP) is 5.04. The van der Waals surface area contributed by atoms with Crippen molar-refractivity contribution in [1.29, 1.82) is 5.26 Å². The fraction of sp³-hybridized carbons (Fsp3) is 0.0952. The van der Waals surface area contributed by atoms with Gasteiger partial charge in [-0.25, -0.2) is 0 Å². The predicted molar refractivity (Wildman–Crippen MR) is 98.4 cm³/mol. The van der Waals surface area contributed by atoms with E-state index in [9.17, 15) is 4.79 Å². The Hall–Kier alpha value is -2.90. The van der Waals surface area contributed by atoms with Crippen LogP contribution in [0.3, 0.4) is 0 Å². The van der Waals surface area contributed by atoms with E-state index in [1.54, 1.807) is 24.0 Å². The summed E-state index contributed by atoms with van der Waals surface area (Å²) in [7, 11) is 0. The van der Waals surface area contributed by atoms with Gasteiger partial charge in [-0.1, -0.05) is 24.3 Å². The normalized spacial score (nSPS) is 16.1. The van der Waals surface area contributed by atoms with Crippen LogP contribution in [0, 0.1) is 11.3 Å². The van der Waals surface area contributed by atoms with Crippen molar-refractivity contribution < 1.29 is 4.79 Å². The monoisotopic (exact) mass is 342 g/mol. The van der Waals surface area contributed by atoms with Crippen LogP contribution in [0.4, 0.5) is 0 Å². The number of nitriles is 1. The third kappa shape index (κ3) is 3.07. The third-order valence-corrected chi connectivity index (χ3v) is 5.63. The van der Waals surface area contributed by atoms with Gasteiger partial charge in [0.2, 0.25) is 0 Å². The summed E-state index contributed by atoms with van der Waals surface area (Å²) in [6, 6.07) is 19.5. The maximum absolute atomic E-state index is 12.7. The molecule has 1 aromatic heterocycles. The molecule has 4 heteroatoms. The number of thioether (sulfide) groups is 1. The molecular weight excluding hydrogens is 328 g/mol. The van der Waals surface area contributed by atoms with Gasteiger partial charge in [0.1, 0.15) is 0 Å². The second kappa shape index (κ2) is 6.54. The van der Waals surface area contributed by atoms with Gasteiger partial charge in [-0.2, -0.15) is 5.26 Å². The minimum absolute atomic E-state index is 0.112. The molecule has 3 aromatic rings. The molecule has 4 rings (SSSR count). The summed E-state index contributed by atoms with van der Waals surface area (Å²) in [4.78, 5) is 17.9. The molecular formula is C21H14N2OS. The summed E-state index contributed by atoms with van der Waals surface area (Å²) < 4.78 is 0. The molecule has 25 heavy (non-hydrogen) atoms. The number of carbonyl (C=O) groups is 1. The van der Waals surface area contributed by atoms with Crippen LogP contribution < -0.4 is 0 Å². The minimum Gasteiger partial charge on any atom is -0.294 e. The summed E-state index contributed by atoms with van der Waals surface area (Å²) in [6.07, 6.45) is 4.05. The van der Waals surface area contributed by atoms with Crippen LogP contribution >= 0.6 is 11.8 Å². The molecule has 120 valence electrons. The van der Waals surface area contributed by atoms with Crippen molar-refractivity contribution in [1.82, 2.24) is 4.98 Å². The molecule has 0 radical (unpaired) electrons. The van der Waals surface area contributed by atoms with Crippen molar-refractivity contribution in [3.05, 3.63) is 83.7 Å². The molecule has 3 nitrogen and oxygen atoms in total. The van der Waals surface area contributed by atoms with Crippen LogP contribution in [0.2, 0.25) is 0 Å². The highest BCUT2D eigenvalue weighted by atomic mass is 32.2. The first-order valence-corrected chi connectivity index (χ1v) is 8.87. The Labute approximate surface area is 150 Å². The maximum atomic E-state index is 12.7. The number of Topliss-reactive ketones (excluding diaryl/α,β-unsaturated/α-hetero) is 1. The fourth-order valence-corrected chi connectivity index (χ4v) is 4.29. The van der Waals surface area contributed by atoms with Crippen LogP contribution in [0.1, 0.15) is 33.2 Å². The molecule has 0 spiro atoms. The van der Waals surface area contributed by atoms with Crippen molar-refractivity contribution in [3.8, 4) is 17.2 Å². The van der Waals surface area contributed by atoms with Crippen LogP contribution in [0.5, 0.6) is 0 Å². The molecule has 2 aromatic carbocycles. The van der Waals surface area contributed by atoms with Crippen LogP contribution in [0.25, 0.3) is 11.1 Å². The Kier molecular flexibility index (Phi) is 4.09.